The molecule has 3 aromatic rings. The lowest BCUT2D eigenvalue weighted by Crippen LogP contribution is -2.41. The van der Waals surface area contributed by atoms with Crippen molar-refractivity contribution in [3.05, 3.63) is 58.0 Å². The largest absolute Gasteiger partial charge is 0.382 e. The van der Waals surface area contributed by atoms with Crippen LogP contribution < -0.4 is 10.6 Å². The van der Waals surface area contributed by atoms with Gasteiger partial charge in [0.05, 0.1) is 26.8 Å². The average Bonchev–Trinajstić information content (AvgIpc) is 2.77. The van der Waals surface area contributed by atoms with Gasteiger partial charge in [-0.3, -0.25) is 9.78 Å². The normalized spacial score (nSPS) is 14.3. The molecule has 0 unspecified atom stereocenters. The van der Waals surface area contributed by atoms with Crippen molar-refractivity contribution in [1.82, 2.24) is 9.88 Å². The van der Waals surface area contributed by atoms with E-state index < -0.39 is 5.82 Å². The Hall–Kier alpha value is -3.08. The van der Waals surface area contributed by atoms with Gasteiger partial charge in [0.15, 0.2) is 0 Å². The molecular weight excluding hydrogens is 452 g/mol. The van der Waals surface area contributed by atoms with Crippen LogP contribution in [0.1, 0.15) is 25.3 Å². The maximum atomic E-state index is 13.6. The van der Waals surface area contributed by atoms with Crippen LogP contribution in [-0.2, 0) is 4.79 Å². The number of fused-ring (bicyclic) bond motifs is 1. The van der Waals surface area contributed by atoms with E-state index in [1.807, 2.05) is 11.0 Å². The van der Waals surface area contributed by atoms with Crippen molar-refractivity contribution in [1.29, 1.82) is 5.26 Å². The van der Waals surface area contributed by atoms with E-state index in [0.29, 0.717) is 46.0 Å². The van der Waals surface area contributed by atoms with Crippen LogP contribution >= 0.6 is 23.2 Å². The van der Waals surface area contributed by atoms with Crippen LogP contribution in [0.4, 0.5) is 21.5 Å². The molecular formula is C23H20Cl2FN5O. The predicted molar refractivity (Wildman–Crippen MR) is 125 cm³/mol. The summed E-state index contributed by atoms with van der Waals surface area (Å²) in [4.78, 5) is 17.7. The van der Waals surface area contributed by atoms with E-state index in [9.17, 15) is 14.4 Å². The SMILES string of the molecule is CC(=O)N1CCC(Nc2cc(Cl)c3ncc(C#N)c(Nc4ccc(F)c(Cl)c4)c3c2)CC1. The quantitative estimate of drug-likeness (QED) is 0.508. The molecule has 0 aliphatic carbocycles. The van der Waals surface area contributed by atoms with Gasteiger partial charge in [-0.25, -0.2) is 4.39 Å². The summed E-state index contributed by atoms with van der Waals surface area (Å²) in [5.74, 6) is -0.438. The topological polar surface area (TPSA) is 81.1 Å². The van der Waals surface area contributed by atoms with Crippen LogP contribution in [0.5, 0.6) is 0 Å². The number of aromatic nitrogens is 1. The fourth-order valence-electron chi connectivity index (χ4n) is 3.85. The van der Waals surface area contributed by atoms with Crippen molar-refractivity contribution in [2.24, 2.45) is 0 Å². The Labute approximate surface area is 194 Å². The van der Waals surface area contributed by atoms with Crippen molar-refractivity contribution in [3.8, 4) is 6.07 Å². The lowest BCUT2D eigenvalue weighted by molar-refractivity contribution is -0.129. The molecule has 2 N–H and O–H groups in total. The third kappa shape index (κ3) is 4.57. The summed E-state index contributed by atoms with van der Waals surface area (Å²) in [6, 6.07) is 10.3. The first-order chi connectivity index (χ1) is 15.4. The number of amides is 1. The van der Waals surface area contributed by atoms with E-state index in [2.05, 4.69) is 21.7 Å². The third-order valence-corrected chi connectivity index (χ3v) is 6.12. The number of piperidine rings is 1. The van der Waals surface area contributed by atoms with Gasteiger partial charge in [-0.2, -0.15) is 5.26 Å². The minimum atomic E-state index is -0.525. The van der Waals surface area contributed by atoms with Crippen LogP contribution in [0, 0.1) is 17.1 Å². The van der Waals surface area contributed by atoms with E-state index in [1.165, 1.54) is 18.3 Å². The Morgan fingerprint density at radius 3 is 2.56 bits per heavy atom. The minimum Gasteiger partial charge on any atom is -0.382 e. The summed E-state index contributed by atoms with van der Waals surface area (Å²) in [7, 11) is 0. The number of pyridine rings is 1. The maximum absolute atomic E-state index is 13.6. The van der Waals surface area contributed by atoms with Crippen LogP contribution in [0.3, 0.4) is 0 Å². The van der Waals surface area contributed by atoms with Gasteiger partial charge in [0, 0.05) is 49.0 Å². The first kappa shape index (κ1) is 22.1. The van der Waals surface area contributed by atoms with Crippen molar-refractivity contribution in [2.45, 2.75) is 25.8 Å². The Morgan fingerprint density at radius 1 is 1.19 bits per heavy atom. The molecule has 9 heteroatoms. The van der Waals surface area contributed by atoms with E-state index >= 15 is 0 Å². The van der Waals surface area contributed by atoms with Crippen molar-refractivity contribution >= 4 is 57.1 Å². The van der Waals surface area contributed by atoms with Gasteiger partial charge >= 0.3 is 0 Å². The van der Waals surface area contributed by atoms with Crippen molar-refractivity contribution < 1.29 is 9.18 Å². The number of likely N-dealkylation sites (tertiary alicyclic amines) is 1. The molecule has 2 heterocycles. The number of hydrogen-bond donors (Lipinski definition) is 2. The third-order valence-electron chi connectivity index (χ3n) is 5.55. The van der Waals surface area contributed by atoms with Crippen molar-refractivity contribution in [2.75, 3.05) is 23.7 Å². The standard InChI is InChI=1S/C23H20Cl2FN5O/c1-13(32)31-6-4-15(5-7-31)29-17-8-18-22(30-16-2-3-21(26)19(24)9-16)14(11-27)12-28-23(18)20(25)10-17/h2-3,8-10,12,15,29H,4-7H2,1H3,(H,28,30). The second-order valence-electron chi connectivity index (χ2n) is 7.69. The minimum absolute atomic E-state index is 0.0239. The number of anilines is 3. The van der Waals surface area contributed by atoms with E-state index in [4.69, 9.17) is 23.2 Å². The molecule has 0 spiro atoms. The van der Waals surface area contributed by atoms with Gasteiger partial charge in [0.25, 0.3) is 0 Å². The van der Waals surface area contributed by atoms with Gasteiger partial charge < -0.3 is 15.5 Å². The molecule has 6 nitrogen and oxygen atoms in total. The zero-order chi connectivity index (χ0) is 22.8. The highest BCUT2D eigenvalue weighted by Gasteiger charge is 2.21. The van der Waals surface area contributed by atoms with E-state index in [-0.39, 0.29) is 17.0 Å². The Bertz CT molecular complexity index is 1240. The van der Waals surface area contributed by atoms with E-state index in [0.717, 1.165) is 18.5 Å². The maximum Gasteiger partial charge on any atom is 0.219 e. The van der Waals surface area contributed by atoms with Gasteiger partial charge in [0.2, 0.25) is 5.91 Å². The Morgan fingerprint density at radius 2 is 1.91 bits per heavy atom. The van der Waals surface area contributed by atoms with E-state index in [1.54, 1.807) is 19.1 Å². The molecule has 0 bridgehead atoms. The molecule has 1 aliphatic heterocycles. The first-order valence-corrected chi connectivity index (χ1v) is 10.9. The monoisotopic (exact) mass is 471 g/mol. The molecule has 0 saturated carbocycles. The van der Waals surface area contributed by atoms with Crippen molar-refractivity contribution in [3.63, 3.8) is 0 Å². The Balaban J connectivity index is 1.68. The molecule has 2 aromatic carbocycles. The zero-order valence-corrected chi connectivity index (χ0v) is 18.8. The highest BCUT2D eigenvalue weighted by molar-refractivity contribution is 6.36. The number of carbonyl (C=O) groups is 1. The second kappa shape index (κ2) is 9.19. The molecule has 32 heavy (non-hydrogen) atoms. The summed E-state index contributed by atoms with van der Waals surface area (Å²) >= 11 is 12.4. The number of halogens is 3. The van der Waals surface area contributed by atoms with Crippen LogP contribution in [0.25, 0.3) is 10.9 Å². The fraction of sp³-hybridized carbons (Fsp3) is 0.261. The number of carbonyl (C=O) groups excluding carboxylic acids is 1. The predicted octanol–water partition coefficient (Wildman–Crippen LogP) is 5.72. The number of hydrogen-bond acceptors (Lipinski definition) is 5. The summed E-state index contributed by atoms with van der Waals surface area (Å²) in [6.07, 6.45) is 3.10. The van der Waals surface area contributed by atoms with Gasteiger partial charge in [0.1, 0.15) is 11.9 Å². The highest BCUT2D eigenvalue weighted by Crippen LogP contribution is 2.36. The van der Waals surface area contributed by atoms with Gasteiger partial charge in [-0.1, -0.05) is 23.2 Å². The lowest BCUT2D eigenvalue weighted by atomic mass is 10.0. The molecule has 1 saturated heterocycles. The molecule has 0 radical (unpaired) electrons. The van der Waals surface area contributed by atoms with Crippen LogP contribution in [0.15, 0.2) is 36.5 Å². The molecule has 0 atom stereocenters. The number of nitriles is 1. The molecule has 4 rings (SSSR count). The number of rotatable bonds is 4. The highest BCUT2D eigenvalue weighted by atomic mass is 35.5. The lowest BCUT2D eigenvalue weighted by Gasteiger charge is -2.32. The van der Waals surface area contributed by atoms with Gasteiger partial charge in [-0.05, 0) is 43.2 Å². The fourth-order valence-corrected chi connectivity index (χ4v) is 4.30. The van der Waals surface area contributed by atoms with Crippen LogP contribution in [0.2, 0.25) is 10.0 Å². The zero-order valence-electron chi connectivity index (χ0n) is 17.3. The smallest absolute Gasteiger partial charge is 0.219 e. The molecule has 1 fully saturated rings. The summed E-state index contributed by atoms with van der Waals surface area (Å²) in [5.41, 5.74) is 2.70. The number of nitrogens with one attached hydrogen (secondary N) is 2. The molecule has 1 amide bonds. The Kier molecular flexibility index (Phi) is 6.35. The summed E-state index contributed by atoms with van der Waals surface area (Å²) in [6.45, 7) is 2.98. The number of benzene rings is 2. The van der Waals surface area contributed by atoms with Crippen LogP contribution in [-0.4, -0.2) is 34.9 Å². The average molecular weight is 472 g/mol. The summed E-state index contributed by atoms with van der Waals surface area (Å²) in [5, 5.41) is 17.4. The van der Waals surface area contributed by atoms with Gasteiger partial charge in [-0.15, -0.1) is 0 Å². The first-order valence-electron chi connectivity index (χ1n) is 10.1. The molecule has 1 aromatic heterocycles. The molecule has 164 valence electrons. The summed E-state index contributed by atoms with van der Waals surface area (Å²) < 4.78 is 13.6. The molecule has 1 aliphatic rings. The second-order valence-corrected chi connectivity index (χ2v) is 8.51. The number of nitrogens with zero attached hydrogens (tertiary/aromatic N) is 3.